The summed E-state index contributed by atoms with van der Waals surface area (Å²) in [4.78, 5) is 11.4. The molecule has 5 nitrogen and oxygen atoms in total. The van der Waals surface area contributed by atoms with Gasteiger partial charge in [0, 0.05) is 39.8 Å². The molecule has 0 bridgehead atoms. The number of hydrogen-bond acceptors (Lipinski definition) is 3. The highest BCUT2D eigenvalue weighted by atomic mass is 127. The zero-order valence-corrected chi connectivity index (χ0v) is 19.6. The molecule has 0 atom stereocenters. The fourth-order valence-corrected chi connectivity index (χ4v) is 4.18. The van der Waals surface area contributed by atoms with E-state index in [1.807, 2.05) is 19.2 Å². The summed E-state index contributed by atoms with van der Waals surface area (Å²) in [5.41, 5.74) is 0.707. The first-order valence-corrected chi connectivity index (χ1v) is 10.4. The summed E-state index contributed by atoms with van der Waals surface area (Å²) in [6, 6.07) is 7.04. The maximum atomic E-state index is 14.0. The van der Waals surface area contributed by atoms with Crippen LogP contribution in [0.25, 0.3) is 0 Å². The van der Waals surface area contributed by atoms with Crippen LogP contribution < -0.4 is 10.2 Å². The Morgan fingerprint density at radius 2 is 1.79 bits per heavy atom. The standard InChI is InChI=1S/C21H34FN5.HI/c1-3-25-12-9-18(10-13-25)8-11-24-21(23-2)27-16-14-26(15-17-27)20-7-5-4-6-19(20)22;/h4-7,18H,3,8-17H2,1-2H3,(H,23,24);1H. The third-order valence-electron chi connectivity index (χ3n) is 5.97. The minimum absolute atomic E-state index is 0. The molecule has 7 heteroatoms. The van der Waals surface area contributed by atoms with Gasteiger partial charge in [-0.2, -0.15) is 0 Å². The fraction of sp³-hybridized carbons (Fsp3) is 0.667. The molecule has 2 heterocycles. The van der Waals surface area contributed by atoms with Crippen LogP contribution in [0, 0.1) is 11.7 Å². The molecule has 2 aliphatic rings. The van der Waals surface area contributed by atoms with E-state index in [1.165, 1.54) is 45.0 Å². The Morgan fingerprint density at radius 3 is 2.39 bits per heavy atom. The van der Waals surface area contributed by atoms with Crippen molar-refractivity contribution in [2.24, 2.45) is 10.9 Å². The van der Waals surface area contributed by atoms with E-state index >= 15 is 0 Å². The van der Waals surface area contributed by atoms with Crippen molar-refractivity contribution >= 4 is 35.6 Å². The molecule has 158 valence electrons. The summed E-state index contributed by atoms with van der Waals surface area (Å²) in [5, 5.41) is 3.55. The molecule has 1 N–H and O–H groups in total. The van der Waals surface area contributed by atoms with Gasteiger partial charge in [0.15, 0.2) is 5.96 Å². The van der Waals surface area contributed by atoms with Crippen LogP contribution in [0.15, 0.2) is 29.3 Å². The van der Waals surface area contributed by atoms with E-state index in [0.717, 1.165) is 44.6 Å². The van der Waals surface area contributed by atoms with Crippen LogP contribution in [0.3, 0.4) is 0 Å². The number of nitrogens with one attached hydrogen (secondary N) is 1. The highest BCUT2D eigenvalue weighted by molar-refractivity contribution is 14.0. The number of anilines is 1. The summed E-state index contributed by atoms with van der Waals surface area (Å²) in [6.07, 6.45) is 3.84. The molecule has 0 aromatic heterocycles. The number of benzene rings is 1. The molecule has 2 aliphatic heterocycles. The van der Waals surface area contributed by atoms with E-state index in [2.05, 4.69) is 31.9 Å². The van der Waals surface area contributed by atoms with Crippen molar-refractivity contribution in [3.63, 3.8) is 0 Å². The molecule has 28 heavy (non-hydrogen) atoms. The molecule has 0 unspecified atom stereocenters. The smallest absolute Gasteiger partial charge is 0.193 e. The summed E-state index contributed by atoms with van der Waals surface area (Å²) >= 11 is 0. The number of likely N-dealkylation sites (tertiary alicyclic amines) is 1. The van der Waals surface area contributed by atoms with Gasteiger partial charge in [0.1, 0.15) is 5.82 Å². The second kappa shape index (κ2) is 11.8. The Labute approximate surface area is 186 Å². The number of para-hydroxylation sites is 1. The maximum absolute atomic E-state index is 14.0. The number of aliphatic imine (C=N–C) groups is 1. The predicted octanol–water partition coefficient (Wildman–Crippen LogP) is 3.26. The van der Waals surface area contributed by atoms with E-state index in [0.29, 0.717) is 5.69 Å². The van der Waals surface area contributed by atoms with Crippen molar-refractivity contribution < 1.29 is 4.39 Å². The first-order chi connectivity index (χ1) is 13.2. The largest absolute Gasteiger partial charge is 0.366 e. The molecule has 2 saturated heterocycles. The van der Waals surface area contributed by atoms with Crippen LogP contribution >= 0.6 is 24.0 Å². The van der Waals surface area contributed by atoms with Crippen LogP contribution in [-0.2, 0) is 0 Å². The van der Waals surface area contributed by atoms with Gasteiger partial charge < -0.3 is 20.0 Å². The molecule has 0 radical (unpaired) electrons. The molecule has 0 saturated carbocycles. The van der Waals surface area contributed by atoms with Gasteiger partial charge in [0.05, 0.1) is 5.69 Å². The molecule has 1 aromatic carbocycles. The van der Waals surface area contributed by atoms with Gasteiger partial charge in [0.25, 0.3) is 0 Å². The van der Waals surface area contributed by atoms with Crippen LogP contribution in [-0.4, -0.2) is 75.2 Å². The Balaban J connectivity index is 0.00000280. The van der Waals surface area contributed by atoms with Gasteiger partial charge in [-0.3, -0.25) is 4.99 Å². The number of hydrogen-bond donors (Lipinski definition) is 1. The Morgan fingerprint density at radius 1 is 1.11 bits per heavy atom. The van der Waals surface area contributed by atoms with Gasteiger partial charge in [-0.25, -0.2) is 4.39 Å². The van der Waals surface area contributed by atoms with Gasteiger partial charge in [0.2, 0.25) is 0 Å². The predicted molar refractivity (Wildman–Crippen MR) is 126 cm³/mol. The second-order valence-corrected chi connectivity index (χ2v) is 7.57. The van der Waals surface area contributed by atoms with Crippen molar-refractivity contribution in [2.75, 3.05) is 64.3 Å². The summed E-state index contributed by atoms with van der Waals surface area (Å²) in [6.45, 7) is 10.3. The van der Waals surface area contributed by atoms with Crippen LogP contribution in [0.5, 0.6) is 0 Å². The number of rotatable bonds is 5. The minimum atomic E-state index is -0.137. The number of halogens is 2. The SMILES string of the molecule is CCN1CCC(CCNC(=NC)N2CCN(c3ccccc3F)CC2)CC1.I. The molecule has 0 aliphatic carbocycles. The fourth-order valence-electron chi connectivity index (χ4n) is 4.18. The van der Waals surface area contributed by atoms with Crippen LogP contribution in [0.4, 0.5) is 10.1 Å². The quantitative estimate of drug-likeness (QED) is 0.380. The first-order valence-electron chi connectivity index (χ1n) is 10.4. The molecule has 0 amide bonds. The molecular weight excluding hydrogens is 468 g/mol. The Kier molecular flexibility index (Phi) is 9.77. The number of piperidine rings is 1. The number of nitrogens with zero attached hydrogens (tertiary/aromatic N) is 4. The second-order valence-electron chi connectivity index (χ2n) is 7.57. The molecule has 2 fully saturated rings. The Hall–Kier alpha value is -1.09. The normalized spacial score (nSPS) is 19.5. The van der Waals surface area contributed by atoms with Gasteiger partial charge in [-0.1, -0.05) is 19.1 Å². The van der Waals surface area contributed by atoms with E-state index in [-0.39, 0.29) is 29.8 Å². The summed E-state index contributed by atoms with van der Waals surface area (Å²) in [5.74, 6) is 1.67. The van der Waals surface area contributed by atoms with Crippen molar-refractivity contribution in [3.8, 4) is 0 Å². The van der Waals surface area contributed by atoms with Crippen molar-refractivity contribution in [2.45, 2.75) is 26.2 Å². The number of guanidine groups is 1. The molecule has 3 rings (SSSR count). The lowest BCUT2D eigenvalue weighted by Gasteiger charge is -2.38. The van der Waals surface area contributed by atoms with E-state index in [9.17, 15) is 4.39 Å². The van der Waals surface area contributed by atoms with Crippen molar-refractivity contribution in [3.05, 3.63) is 30.1 Å². The Bertz CT molecular complexity index is 611. The van der Waals surface area contributed by atoms with Crippen LogP contribution in [0.1, 0.15) is 26.2 Å². The van der Waals surface area contributed by atoms with Gasteiger partial charge in [-0.05, 0) is 56.9 Å². The zero-order valence-electron chi connectivity index (χ0n) is 17.2. The van der Waals surface area contributed by atoms with E-state index in [4.69, 9.17) is 0 Å². The zero-order chi connectivity index (χ0) is 19.1. The van der Waals surface area contributed by atoms with Gasteiger partial charge in [-0.15, -0.1) is 24.0 Å². The molecule has 0 spiro atoms. The lowest BCUT2D eigenvalue weighted by Crippen LogP contribution is -2.53. The maximum Gasteiger partial charge on any atom is 0.193 e. The first kappa shape index (κ1) is 23.2. The summed E-state index contributed by atoms with van der Waals surface area (Å²) in [7, 11) is 1.85. The number of piperazine rings is 1. The van der Waals surface area contributed by atoms with Crippen molar-refractivity contribution in [1.29, 1.82) is 0 Å². The summed E-state index contributed by atoms with van der Waals surface area (Å²) < 4.78 is 14.0. The van der Waals surface area contributed by atoms with E-state index < -0.39 is 0 Å². The molecule has 1 aromatic rings. The average Bonchev–Trinajstić information content (AvgIpc) is 2.72. The highest BCUT2D eigenvalue weighted by Crippen LogP contribution is 2.21. The van der Waals surface area contributed by atoms with Crippen LogP contribution in [0.2, 0.25) is 0 Å². The topological polar surface area (TPSA) is 34.1 Å². The monoisotopic (exact) mass is 503 g/mol. The third kappa shape index (κ3) is 6.20. The lowest BCUT2D eigenvalue weighted by molar-refractivity contribution is 0.187. The lowest BCUT2D eigenvalue weighted by atomic mass is 9.93. The van der Waals surface area contributed by atoms with Crippen molar-refractivity contribution in [1.82, 2.24) is 15.1 Å². The highest BCUT2D eigenvalue weighted by Gasteiger charge is 2.22. The third-order valence-corrected chi connectivity index (χ3v) is 5.97. The molecular formula is C21H35FIN5. The minimum Gasteiger partial charge on any atom is -0.366 e. The average molecular weight is 503 g/mol. The van der Waals surface area contributed by atoms with E-state index in [1.54, 1.807) is 6.07 Å². The van der Waals surface area contributed by atoms with Gasteiger partial charge >= 0.3 is 0 Å².